The molecular formula is C23H36FNO4. The lowest BCUT2D eigenvalue weighted by atomic mass is 9.76. The number of halogens is 1. The Hall–Kier alpha value is -1.85. The second-order valence-electron chi connectivity index (χ2n) is 9.38. The summed E-state index contributed by atoms with van der Waals surface area (Å²) in [5.74, 6) is -0.0515. The Labute approximate surface area is 174 Å². The van der Waals surface area contributed by atoms with Crippen LogP contribution in [0.5, 0.6) is 0 Å². The zero-order chi connectivity index (χ0) is 21.8. The maximum absolute atomic E-state index is 13.7. The summed E-state index contributed by atoms with van der Waals surface area (Å²) >= 11 is 0. The first-order valence-corrected chi connectivity index (χ1v) is 10.7. The van der Waals surface area contributed by atoms with E-state index in [0.29, 0.717) is 18.8 Å². The van der Waals surface area contributed by atoms with E-state index in [9.17, 15) is 14.0 Å². The second kappa shape index (κ2) is 9.77. The number of carbonyl (C=O) groups excluding carboxylic acids is 2. The van der Waals surface area contributed by atoms with E-state index < -0.39 is 23.7 Å². The first-order chi connectivity index (χ1) is 13.5. The molecule has 0 aromatic heterocycles. The van der Waals surface area contributed by atoms with Gasteiger partial charge in [0.05, 0.1) is 0 Å². The van der Waals surface area contributed by atoms with E-state index in [4.69, 9.17) is 9.47 Å². The van der Waals surface area contributed by atoms with Gasteiger partial charge in [-0.25, -0.2) is 14.0 Å². The minimum Gasteiger partial charge on any atom is -0.461 e. The largest absolute Gasteiger partial charge is 0.461 e. The third-order valence-electron chi connectivity index (χ3n) is 5.72. The lowest BCUT2D eigenvalue weighted by Gasteiger charge is -2.34. The van der Waals surface area contributed by atoms with Crippen LogP contribution in [-0.2, 0) is 14.3 Å². The van der Waals surface area contributed by atoms with Crippen LogP contribution in [0, 0.1) is 11.8 Å². The number of carbonyl (C=O) groups is 2. The third kappa shape index (κ3) is 6.86. The number of amides is 1. The van der Waals surface area contributed by atoms with E-state index in [2.05, 4.69) is 5.32 Å². The normalized spacial score (nSPS) is 21.3. The summed E-state index contributed by atoms with van der Waals surface area (Å²) in [7, 11) is 0. The van der Waals surface area contributed by atoms with Gasteiger partial charge in [-0.2, -0.15) is 0 Å². The molecule has 0 aromatic carbocycles. The third-order valence-corrected chi connectivity index (χ3v) is 5.72. The van der Waals surface area contributed by atoms with Crippen LogP contribution in [-0.4, -0.2) is 29.8 Å². The molecule has 1 saturated carbocycles. The van der Waals surface area contributed by atoms with Gasteiger partial charge in [-0.3, -0.25) is 0 Å². The highest BCUT2D eigenvalue weighted by Gasteiger charge is 2.36. The van der Waals surface area contributed by atoms with E-state index in [-0.39, 0.29) is 17.8 Å². The number of esters is 1. The first-order valence-electron chi connectivity index (χ1n) is 10.7. The lowest BCUT2D eigenvalue weighted by Crippen LogP contribution is -2.44. The molecule has 0 saturated heterocycles. The van der Waals surface area contributed by atoms with Crippen molar-refractivity contribution in [3.63, 3.8) is 0 Å². The predicted octanol–water partition coefficient (Wildman–Crippen LogP) is 5.60. The molecule has 0 aromatic rings. The van der Waals surface area contributed by atoms with Crippen molar-refractivity contribution in [3.05, 3.63) is 23.0 Å². The average molecular weight is 410 g/mol. The van der Waals surface area contributed by atoms with Gasteiger partial charge in [0.1, 0.15) is 23.6 Å². The molecule has 3 atom stereocenters. The molecule has 2 aliphatic carbocycles. The van der Waals surface area contributed by atoms with E-state index in [1.165, 1.54) is 18.4 Å². The molecule has 0 radical (unpaired) electrons. The fourth-order valence-electron chi connectivity index (χ4n) is 4.45. The van der Waals surface area contributed by atoms with Gasteiger partial charge >= 0.3 is 12.1 Å². The maximum Gasteiger partial charge on any atom is 0.408 e. The van der Waals surface area contributed by atoms with Crippen molar-refractivity contribution in [1.82, 2.24) is 5.32 Å². The summed E-state index contributed by atoms with van der Waals surface area (Å²) in [6, 6.07) is -0.810. The molecule has 0 heterocycles. The van der Waals surface area contributed by atoms with Crippen molar-refractivity contribution >= 4 is 12.1 Å². The Balaban J connectivity index is 2.07. The van der Waals surface area contributed by atoms with Crippen LogP contribution in [0.4, 0.5) is 9.18 Å². The van der Waals surface area contributed by atoms with Gasteiger partial charge in [0.25, 0.3) is 0 Å². The van der Waals surface area contributed by atoms with Crippen molar-refractivity contribution in [2.45, 2.75) is 97.8 Å². The Morgan fingerprint density at radius 2 is 1.79 bits per heavy atom. The Morgan fingerprint density at radius 3 is 2.34 bits per heavy atom. The van der Waals surface area contributed by atoms with Crippen molar-refractivity contribution in [2.24, 2.45) is 11.8 Å². The van der Waals surface area contributed by atoms with Crippen LogP contribution in [0.3, 0.4) is 0 Å². The van der Waals surface area contributed by atoms with Crippen molar-refractivity contribution < 1.29 is 23.5 Å². The Bertz CT molecular complexity index is 671. The van der Waals surface area contributed by atoms with Crippen molar-refractivity contribution in [1.29, 1.82) is 0 Å². The smallest absolute Gasteiger partial charge is 0.408 e. The number of rotatable bonds is 6. The first kappa shape index (κ1) is 23.4. The highest BCUT2D eigenvalue weighted by Crippen LogP contribution is 2.42. The molecule has 0 unspecified atom stereocenters. The van der Waals surface area contributed by atoms with Gasteiger partial charge in [0.15, 0.2) is 0 Å². The molecule has 2 aliphatic rings. The second-order valence-corrected chi connectivity index (χ2v) is 9.38. The molecule has 1 N–H and O–H groups in total. The summed E-state index contributed by atoms with van der Waals surface area (Å²) in [4.78, 5) is 24.5. The highest BCUT2D eigenvalue weighted by molar-refractivity contribution is 5.81. The van der Waals surface area contributed by atoms with E-state index >= 15 is 0 Å². The van der Waals surface area contributed by atoms with E-state index in [1.54, 1.807) is 33.8 Å². The number of hydrogen-bond acceptors (Lipinski definition) is 4. The zero-order valence-electron chi connectivity index (χ0n) is 18.6. The molecule has 5 nitrogen and oxygen atoms in total. The number of allylic oxidation sites excluding steroid dienone is 3. The molecule has 0 bridgehead atoms. The molecule has 1 amide bonds. The number of nitrogens with one attached hydrogen (secondary N) is 1. The quantitative estimate of drug-likeness (QED) is 0.580. The summed E-state index contributed by atoms with van der Waals surface area (Å²) in [5.41, 5.74) is 1.52. The van der Waals surface area contributed by atoms with Crippen LogP contribution in [0.25, 0.3) is 0 Å². The molecule has 0 spiro atoms. The van der Waals surface area contributed by atoms with Gasteiger partial charge in [-0.1, -0.05) is 18.4 Å². The Kier molecular flexibility index (Phi) is 7.89. The minimum atomic E-state index is -0.810. The van der Waals surface area contributed by atoms with E-state index in [1.807, 2.05) is 13.8 Å². The summed E-state index contributed by atoms with van der Waals surface area (Å²) in [6.07, 6.45) is 6.26. The standard InChI is InChI=1S/C23H36FNO4/c1-14-13-18(24)11-12-19(14)20(17-9-7-8-10-17)16(3)28-21(26)15(2)25-22(27)29-23(4,5)6/h13,15-17,20H,7-12H2,1-6H3,(H,25,27)/t15-,16-,20+/m0/s1. The van der Waals surface area contributed by atoms with Crippen LogP contribution in [0.15, 0.2) is 23.0 Å². The SMILES string of the molecule is CC1=C([C@@H](C2CCCC2)[C@H](C)OC(=O)[C@H](C)NC(=O)OC(C)(C)C)CCC(F)=C1. The monoisotopic (exact) mass is 409 g/mol. The molecular weight excluding hydrogens is 373 g/mol. The molecule has 2 rings (SSSR count). The summed E-state index contributed by atoms with van der Waals surface area (Å²) < 4.78 is 24.7. The predicted molar refractivity (Wildman–Crippen MR) is 111 cm³/mol. The fourth-order valence-corrected chi connectivity index (χ4v) is 4.45. The number of ether oxygens (including phenoxy) is 2. The molecule has 0 aliphatic heterocycles. The molecule has 1 fully saturated rings. The minimum absolute atomic E-state index is 0.0829. The molecule has 29 heavy (non-hydrogen) atoms. The van der Waals surface area contributed by atoms with E-state index in [0.717, 1.165) is 18.4 Å². The zero-order valence-corrected chi connectivity index (χ0v) is 18.6. The van der Waals surface area contributed by atoms with Gasteiger partial charge < -0.3 is 14.8 Å². The Morgan fingerprint density at radius 1 is 1.17 bits per heavy atom. The summed E-state index contributed by atoms with van der Waals surface area (Å²) in [5, 5.41) is 2.54. The van der Waals surface area contributed by atoms with Crippen molar-refractivity contribution in [3.8, 4) is 0 Å². The van der Waals surface area contributed by atoms with Crippen LogP contribution in [0.2, 0.25) is 0 Å². The van der Waals surface area contributed by atoms with Crippen LogP contribution in [0.1, 0.15) is 80.1 Å². The number of alkyl carbamates (subject to hydrolysis) is 1. The highest BCUT2D eigenvalue weighted by atomic mass is 19.1. The van der Waals surface area contributed by atoms with Gasteiger partial charge in [0, 0.05) is 12.3 Å². The van der Waals surface area contributed by atoms with Crippen molar-refractivity contribution in [2.75, 3.05) is 0 Å². The fraction of sp³-hybridized carbons (Fsp3) is 0.739. The van der Waals surface area contributed by atoms with Crippen LogP contribution < -0.4 is 5.32 Å². The lowest BCUT2D eigenvalue weighted by molar-refractivity contribution is -0.153. The maximum atomic E-state index is 13.7. The topological polar surface area (TPSA) is 64.6 Å². The van der Waals surface area contributed by atoms with Gasteiger partial charge in [0.2, 0.25) is 0 Å². The molecule has 164 valence electrons. The van der Waals surface area contributed by atoms with Crippen LogP contribution >= 0.6 is 0 Å². The summed E-state index contributed by atoms with van der Waals surface area (Å²) in [6.45, 7) is 10.7. The molecule has 6 heteroatoms. The number of hydrogen-bond donors (Lipinski definition) is 1. The van der Waals surface area contributed by atoms with Gasteiger partial charge in [-0.15, -0.1) is 0 Å². The van der Waals surface area contributed by atoms with Gasteiger partial charge in [-0.05, 0) is 78.4 Å². The average Bonchev–Trinajstić information content (AvgIpc) is 3.09.